The molecule has 2 aromatic carbocycles. The van der Waals surface area contributed by atoms with E-state index >= 15 is 0 Å². The molecule has 0 aromatic heterocycles. The number of benzene rings is 2. The van der Waals surface area contributed by atoms with Crippen molar-refractivity contribution in [3.8, 4) is 5.75 Å². The molecule has 0 heterocycles. The van der Waals surface area contributed by atoms with Crippen LogP contribution in [0.3, 0.4) is 0 Å². The van der Waals surface area contributed by atoms with Crippen LogP contribution < -0.4 is 10.1 Å². The minimum atomic E-state index is -0.168. The van der Waals surface area contributed by atoms with Crippen molar-refractivity contribution in [3.63, 3.8) is 0 Å². The van der Waals surface area contributed by atoms with Gasteiger partial charge in [-0.2, -0.15) is 0 Å². The molecule has 0 aliphatic heterocycles. The Morgan fingerprint density at radius 3 is 2.38 bits per heavy atom. The van der Waals surface area contributed by atoms with Crippen LogP contribution in [-0.4, -0.2) is 18.9 Å². The van der Waals surface area contributed by atoms with Crippen molar-refractivity contribution in [2.45, 2.75) is 12.5 Å². The Morgan fingerprint density at radius 2 is 1.81 bits per heavy atom. The molecule has 4 heteroatoms. The smallest absolute Gasteiger partial charge is 0.235 e. The van der Waals surface area contributed by atoms with Crippen LogP contribution in [0.5, 0.6) is 5.75 Å². The van der Waals surface area contributed by atoms with Crippen LogP contribution in [0.4, 0.5) is 0 Å². The number of carbonyl (C=O) groups is 1. The van der Waals surface area contributed by atoms with E-state index in [-0.39, 0.29) is 17.8 Å². The Hall–Kier alpha value is -2.00. The molecule has 0 aliphatic carbocycles. The Balaban J connectivity index is 2.16. The van der Waals surface area contributed by atoms with Crippen molar-refractivity contribution >= 4 is 17.5 Å². The lowest BCUT2D eigenvalue weighted by Gasteiger charge is -2.19. The molecule has 0 radical (unpaired) electrons. The highest BCUT2D eigenvalue weighted by atomic mass is 35.5. The summed E-state index contributed by atoms with van der Waals surface area (Å²) >= 11 is 5.60. The van der Waals surface area contributed by atoms with E-state index in [0.29, 0.717) is 6.42 Å². The largest absolute Gasteiger partial charge is 0.497 e. The standard InChI is InChI=1S/C17H18ClNO2/c1-21-15-9-7-13(8-10-15)11-16(19-17(20)12-18)14-5-3-2-4-6-14/h2-10,16H,11-12H2,1H3,(H,19,20). The second-order valence-electron chi connectivity index (χ2n) is 4.72. The zero-order valence-electron chi connectivity index (χ0n) is 11.9. The van der Waals surface area contributed by atoms with E-state index in [2.05, 4.69) is 5.32 Å². The highest BCUT2D eigenvalue weighted by molar-refractivity contribution is 6.27. The van der Waals surface area contributed by atoms with Crippen LogP contribution in [0.2, 0.25) is 0 Å². The maximum atomic E-state index is 11.6. The summed E-state index contributed by atoms with van der Waals surface area (Å²) in [6, 6.07) is 17.6. The third-order valence-electron chi connectivity index (χ3n) is 3.26. The number of alkyl halides is 1. The first-order valence-electron chi connectivity index (χ1n) is 6.76. The molecule has 0 saturated carbocycles. The highest BCUT2D eigenvalue weighted by Crippen LogP contribution is 2.20. The van der Waals surface area contributed by atoms with Gasteiger partial charge in [-0.15, -0.1) is 11.6 Å². The summed E-state index contributed by atoms with van der Waals surface area (Å²) in [5.41, 5.74) is 2.19. The number of carbonyl (C=O) groups excluding carboxylic acids is 1. The molecule has 3 nitrogen and oxygen atoms in total. The quantitative estimate of drug-likeness (QED) is 0.831. The minimum absolute atomic E-state index is 0.0358. The Morgan fingerprint density at radius 1 is 1.14 bits per heavy atom. The van der Waals surface area contributed by atoms with Crippen LogP contribution in [0.1, 0.15) is 17.2 Å². The Kier molecular flexibility index (Phi) is 5.64. The van der Waals surface area contributed by atoms with Crippen LogP contribution in [0.15, 0.2) is 54.6 Å². The maximum Gasteiger partial charge on any atom is 0.235 e. The molecule has 1 N–H and O–H groups in total. The molecule has 1 unspecified atom stereocenters. The number of methoxy groups -OCH3 is 1. The molecule has 0 spiro atoms. The van der Waals surface area contributed by atoms with Gasteiger partial charge in [0, 0.05) is 0 Å². The third kappa shape index (κ3) is 4.50. The van der Waals surface area contributed by atoms with Crippen molar-refractivity contribution in [2.24, 2.45) is 0 Å². The van der Waals surface area contributed by atoms with Gasteiger partial charge in [0.25, 0.3) is 0 Å². The predicted octanol–water partition coefficient (Wildman–Crippen LogP) is 3.33. The fourth-order valence-electron chi connectivity index (χ4n) is 2.17. The molecule has 2 aromatic rings. The van der Waals surface area contributed by atoms with Crippen molar-refractivity contribution in [1.82, 2.24) is 5.32 Å². The van der Waals surface area contributed by atoms with Crippen LogP contribution in [0, 0.1) is 0 Å². The van der Waals surface area contributed by atoms with Gasteiger partial charge in [-0.3, -0.25) is 4.79 Å². The third-order valence-corrected chi connectivity index (χ3v) is 3.50. The Labute approximate surface area is 129 Å². The summed E-state index contributed by atoms with van der Waals surface area (Å²) in [6.45, 7) is 0. The summed E-state index contributed by atoms with van der Waals surface area (Å²) in [5, 5.41) is 2.96. The van der Waals surface area contributed by atoms with E-state index in [1.165, 1.54) is 0 Å². The van der Waals surface area contributed by atoms with Gasteiger partial charge in [0.1, 0.15) is 11.6 Å². The zero-order chi connectivity index (χ0) is 15.1. The minimum Gasteiger partial charge on any atom is -0.497 e. The lowest BCUT2D eigenvalue weighted by Crippen LogP contribution is -2.30. The molecular weight excluding hydrogens is 286 g/mol. The molecular formula is C17H18ClNO2. The molecule has 110 valence electrons. The fraction of sp³-hybridized carbons (Fsp3) is 0.235. The second-order valence-corrected chi connectivity index (χ2v) is 4.98. The topological polar surface area (TPSA) is 38.3 Å². The number of amides is 1. The van der Waals surface area contributed by atoms with Gasteiger partial charge in [-0.25, -0.2) is 0 Å². The molecule has 0 saturated heterocycles. The summed E-state index contributed by atoms with van der Waals surface area (Å²) in [4.78, 5) is 11.6. The average Bonchev–Trinajstić information content (AvgIpc) is 2.55. The average molecular weight is 304 g/mol. The van der Waals surface area contributed by atoms with Crippen LogP contribution in [-0.2, 0) is 11.2 Å². The number of nitrogens with one attached hydrogen (secondary N) is 1. The van der Waals surface area contributed by atoms with Crippen molar-refractivity contribution in [2.75, 3.05) is 13.0 Å². The van der Waals surface area contributed by atoms with E-state index in [4.69, 9.17) is 16.3 Å². The van der Waals surface area contributed by atoms with E-state index in [0.717, 1.165) is 16.9 Å². The first kappa shape index (κ1) is 15.4. The van der Waals surface area contributed by atoms with Crippen molar-refractivity contribution in [3.05, 3.63) is 65.7 Å². The van der Waals surface area contributed by atoms with Crippen LogP contribution >= 0.6 is 11.6 Å². The number of halogens is 1. The molecule has 1 amide bonds. The summed E-state index contributed by atoms with van der Waals surface area (Å²) < 4.78 is 5.15. The molecule has 0 fully saturated rings. The summed E-state index contributed by atoms with van der Waals surface area (Å²) in [7, 11) is 1.64. The van der Waals surface area contributed by atoms with Crippen molar-refractivity contribution < 1.29 is 9.53 Å². The van der Waals surface area contributed by atoms with E-state index in [1.54, 1.807) is 7.11 Å². The first-order valence-corrected chi connectivity index (χ1v) is 7.29. The monoisotopic (exact) mass is 303 g/mol. The van der Waals surface area contributed by atoms with Gasteiger partial charge in [-0.1, -0.05) is 42.5 Å². The molecule has 0 bridgehead atoms. The number of hydrogen-bond acceptors (Lipinski definition) is 2. The van der Waals surface area contributed by atoms with E-state index in [9.17, 15) is 4.79 Å². The van der Waals surface area contributed by atoms with Gasteiger partial charge in [0.15, 0.2) is 0 Å². The zero-order valence-corrected chi connectivity index (χ0v) is 12.6. The highest BCUT2D eigenvalue weighted by Gasteiger charge is 2.14. The molecule has 1 atom stereocenters. The lowest BCUT2D eigenvalue weighted by atomic mass is 9.99. The SMILES string of the molecule is COc1ccc(CC(NC(=O)CCl)c2ccccc2)cc1. The first-order chi connectivity index (χ1) is 10.2. The van der Waals surface area contributed by atoms with Gasteiger partial charge < -0.3 is 10.1 Å². The molecule has 2 rings (SSSR count). The Bertz CT molecular complexity index is 569. The molecule has 0 aliphatic rings. The fourth-order valence-corrected chi connectivity index (χ4v) is 2.24. The van der Waals surface area contributed by atoms with Gasteiger partial charge >= 0.3 is 0 Å². The van der Waals surface area contributed by atoms with Gasteiger partial charge in [0.05, 0.1) is 13.2 Å². The van der Waals surface area contributed by atoms with Gasteiger partial charge in [0.2, 0.25) is 5.91 Å². The normalized spacial score (nSPS) is 11.7. The predicted molar refractivity (Wildman–Crippen MR) is 84.7 cm³/mol. The van der Waals surface area contributed by atoms with E-state index in [1.807, 2.05) is 54.6 Å². The summed E-state index contributed by atoms with van der Waals surface area (Å²) in [6.07, 6.45) is 0.705. The van der Waals surface area contributed by atoms with E-state index < -0.39 is 0 Å². The number of rotatable bonds is 6. The lowest BCUT2D eigenvalue weighted by molar-refractivity contribution is -0.119. The number of ether oxygens (including phenoxy) is 1. The van der Waals surface area contributed by atoms with Crippen molar-refractivity contribution in [1.29, 1.82) is 0 Å². The molecule has 21 heavy (non-hydrogen) atoms. The number of hydrogen-bond donors (Lipinski definition) is 1. The van der Waals surface area contributed by atoms with Gasteiger partial charge in [-0.05, 0) is 29.7 Å². The maximum absolute atomic E-state index is 11.6. The summed E-state index contributed by atoms with van der Waals surface area (Å²) in [5.74, 6) is 0.616. The second kappa shape index (κ2) is 7.70. The van der Waals surface area contributed by atoms with Crippen LogP contribution in [0.25, 0.3) is 0 Å².